The van der Waals surface area contributed by atoms with Crippen LogP contribution in [-0.4, -0.2) is 66.8 Å². The molecule has 180 valence electrons. The molecule has 0 bridgehead atoms. The first-order valence-electron chi connectivity index (χ1n) is 10.5. The lowest BCUT2D eigenvalue weighted by Crippen LogP contribution is -2.60. The van der Waals surface area contributed by atoms with Crippen molar-refractivity contribution in [2.24, 2.45) is 0 Å². The van der Waals surface area contributed by atoms with Gasteiger partial charge in [-0.15, -0.1) is 0 Å². The van der Waals surface area contributed by atoms with Crippen molar-refractivity contribution in [1.82, 2.24) is 9.55 Å². The van der Waals surface area contributed by atoms with Gasteiger partial charge in [0.15, 0.2) is 7.85 Å². The van der Waals surface area contributed by atoms with Gasteiger partial charge in [-0.25, -0.2) is 13.8 Å². The van der Waals surface area contributed by atoms with E-state index in [1.54, 1.807) is 25.1 Å². The molecule has 2 aliphatic rings. The molecule has 1 aromatic heterocycles. The Kier molecular flexibility index (Phi) is 5.83. The lowest BCUT2D eigenvalue weighted by atomic mass is 9.59. The summed E-state index contributed by atoms with van der Waals surface area (Å²) in [6.45, 7) is 3.00. The van der Waals surface area contributed by atoms with E-state index in [-0.39, 0.29) is 17.9 Å². The van der Waals surface area contributed by atoms with E-state index in [0.29, 0.717) is 11.1 Å². The number of nitrogens with one attached hydrogen (secondary N) is 1. The zero-order valence-electron chi connectivity index (χ0n) is 19.2. The number of nitrogens with zero attached hydrogens (tertiary/aromatic N) is 1. The number of benzene rings is 1. The van der Waals surface area contributed by atoms with Gasteiger partial charge >= 0.3 is 13.5 Å². The first kappa shape index (κ1) is 25.0. The number of hydrogen-bond acceptors (Lipinski definition) is 9. The average molecular weight is 494 g/mol. The van der Waals surface area contributed by atoms with Gasteiger partial charge in [0.05, 0.1) is 12.0 Å². The Morgan fingerprint density at radius 2 is 1.94 bits per heavy atom. The summed E-state index contributed by atoms with van der Waals surface area (Å²) in [5.41, 5.74) is -2.46. The molecule has 3 heterocycles. The summed E-state index contributed by atoms with van der Waals surface area (Å²) < 4.78 is 52.1. The smallest absolute Gasteiger partial charge is 0.403 e. The number of aryl methyl sites for hydroxylation is 2. The second kappa shape index (κ2) is 7.94. The minimum atomic E-state index is -4.40. The van der Waals surface area contributed by atoms with E-state index in [9.17, 15) is 24.4 Å². The van der Waals surface area contributed by atoms with Crippen LogP contribution in [0.3, 0.4) is 0 Å². The number of aromatic nitrogens is 2. The number of aromatic amines is 1. The fourth-order valence-corrected chi connectivity index (χ4v) is 5.72. The van der Waals surface area contributed by atoms with Crippen molar-refractivity contribution < 1.29 is 37.5 Å². The molecular formula is C18H23B3FN2O9P. The first-order chi connectivity index (χ1) is 15.6. The van der Waals surface area contributed by atoms with Gasteiger partial charge in [-0.2, -0.15) is 0 Å². The number of hydrogen-bond donors (Lipinski definition) is 3. The molecule has 0 amide bonds. The highest BCUT2D eigenvalue weighted by Gasteiger charge is 2.69. The van der Waals surface area contributed by atoms with Crippen LogP contribution in [0, 0.1) is 13.8 Å². The van der Waals surface area contributed by atoms with Gasteiger partial charge < -0.3 is 19.5 Å². The Bertz CT molecular complexity index is 1320. The van der Waals surface area contributed by atoms with Crippen LogP contribution < -0.4 is 15.8 Å². The zero-order chi connectivity index (χ0) is 25.3. The number of halogens is 1. The van der Waals surface area contributed by atoms with E-state index < -0.39 is 48.2 Å². The van der Waals surface area contributed by atoms with E-state index in [4.69, 9.17) is 18.3 Å². The standard InChI is InChI=1S/C18H23B3FN2O9P/c1-8-4-3-5-10-7-30-34(29,31-11(8)10)33-18(20,21)16(22)12(25)13(26)17(19,32-16)24-6-9(2)14(27)23-15(24)28/h3-6,12-13,25-26H,7,19-21H2,1-2H3,(H,23,27,28)/t12-,13+,16-,17-,34?/m0/s1. The van der Waals surface area contributed by atoms with Crippen LogP contribution in [0.5, 0.6) is 5.75 Å². The largest absolute Gasteiger partial charge is 0.529 e. The third-order valence-corrected chi connectivity index (χ3v) is 7.75. The first-order valence-corrected chi connectivity index (χ1v) is 11.9. The summed E-state index contributed by atoms with van der Waals surface area (Å²) >= 11 is 0. The molecule has 16 heteroatoms. The van der Waals surface area contributed by atoms with Crippen molar-refractivity contribution in [1.29, 1.82) is 0 Å². The molecule has 0 saturated carbocycles. The van der Waals surface area contributed by atoms with Crippen molar-refractivity contribution in [3.63, 3.8) is 0 Å². The summed E-state index contributed by atoms with van der Waals surface area (Å²) in [6, 6.07) is 5.21. The summed E-state index contributed by atoms with van der Waals surface area (Å²) in [7, 11) is -0.974. The number of ether oxygens (including phenoxy) is 1. The SMILES string of the molecule is BC(B)(OP1(=O)OCc2cccc(C)c2O1)[C@@]1(F)O[C@@](B)(n2cc(C)c(=O)[nH]c2=O)[C@H](O)[C@@H]1O. The van der Waals surface area contributed by atoms with Crippen LogP contribution in [0.15, 0.2) is 34.0 Å². The number of phosphoric ester groups is 1. The van der Waals surface area contributed by atoms with Crippen molar-refractivity contribution in [2.45, 2.75) is 49.5 Å². The molecule has 1 unspecified atom stereocenters. The van der Waals surface area contributed by atoms with E-state index in [1.165, 1.54) is 6.92 Å². The van der Waals surface area contributed by atoms with Crippen LogP contribution in [0.4, 0.5) is 4.39 Å². The Morgan fingerprint density at radius 3 is 2.62 bits per heavy atom. The number of para-hydroxylation sites is 1. The van der Waals surface area contributed by atoms with Crippen LogP contribution in [0.25, 0.3) is 0 Å². The van der Waals surface area contributed by atoms with Crippen LogP contribution in [-0.2, 0) is 30.6 Å². The third-order valence-electron chi connectivity index (χ3n) is 6.22. The number of phosphoric acid groups is 1. The number of aliphatic hydroxyl groups excluding tert-OH is 2. The fraction of sp³-hybridized carbons (Fsp3) is 0.444. The molecule has 0 radical (unpaired) electrons. The molecule has 0 aliphatic carbocycles. The number of alkyl halides is 1. The maximum absolute atomic E-state index is 16.4. The van der Waals surface area contributed by atoms with E-state index in [1.807, 2.05) is 4.98 Å². The summed E-state index contributed by atoms with van der Waals surface area (Å²) in [4.78, 5) is 26.2. The maximum atomic E-state index is 16.4. The number of fused-ring (bicyclic) bond motifs is 1. The van der Waals surface area contributed by atoms with Crippen molar-refractivity contribution in [2.75, 3.05) is 0 Å². The number of aliphatic hydroxyl groups is 2. The van der Waals surface area contributed by atoms with E-state index in [2.05, 4.69) is 0 Å². The van der Waals surface area contributed by atoms with Crippen LogP contribution >= 0.6 is 7.82 Å². The predicted molar refractivity (Wildman–Crippen MR) is 125 cm³/mol. The fourth-order valence-electron chi connectivity index (χ4n) is 4.12. The van der Waals surface area contributed by atoms with Crippen LogP contribution in [0.2, 0.25) is 0 Å². The molecule has 0 spiro atoms. The molecule has 1 aromatic carbocycles. The second-order valence-electron chi connectivity index (χ2n) is 9.11. The quantitative estimate of drug-likeness (QED) is 0.309. The molecule has 4 rings (SSSR count). The lowest BCUT2D eigenvalue weighted by molar-refractivity contribution is -0.240. The molecule has 5 atom stereocenters. The molecule has 2 aromatic rings. The van der Waals surface area contributed by atoms with Crippen molar-refractivity contribution >= 4 is 31.4 Å². The molecule has 11 nitrogen and oxygen atoms in total. The highest BCUT2D eigenvalue weighted by Crippen LogP contribution is 2.59. The number of rotatable bonds is 4. The minimum Gasteiger partial charge on any atom is -0.403 e. The van der Waals surface area contributed by atoms with E-state index in [0.717, 1.165) is 34.3 Å². The highest BCUT2D eigenvalue weighted by molar-refractivity contribution is 7.49. The normalized spacial score (nSPS) is 33.3. The maximum Gasteiger partial charge on any atom is 0.529 e. The minimum absolute atomic E-state index is 0.0838. The monoisotopic (exact) mass is 494 g/mol. The Labute approximate surface area is 196 Å². The molecule has 3 N–H and O–H groups in total. The van der Waals surface area contributed by atoms with Crippen molar-refractivity contribution in [3.8, 4) is 5.75 Å². The lowest BCUT2D eigenvalue weighted by Gasteiger charge is -2.41. The topological polar surface area (TPSA) is 149 Å². The number of H-pyrrole nitrogens is 1. The second-order valence-corrected chi connectivity index (χ2v) is 10.6. The predicted octanol–water partition coefficient (Wildman–Crippen LogP) is -2.53. The third kappa shape index (κ3) is 3.71. The van der Waals surface area contributed by atoms with Gasteiger partial charge in [-0.1, -0.05) is 18.2 Å². The summed E-state index contributed by atoms with van der Waals surface area (Å²) in [5, 5.41) is 19.2. The van der Waals surface area contributed by atoms with Crippen molar-refractivity contribution in [3.05, 3.63) is 61.9 Å². The molecule has 34 heavy (non-hydrogen) atoms. The molecule has 1 fully saturated rings. The van der Waals surface area contributed by atoms with E-state index >= 15 is 4.39 Å². The van der Waals surface area contributed by atoms with Gasteiger partial charge in [-0.3, -0.25) is 23.4 Å². The average Bonchev–Trinajstić information content (AvgIpc) is 2.93. The highest BCUT2D eigenvalue weighted by atomic mass is 31.2. The van der Waals surface area contributed by atoms with Gasteiger partial charge in [0.1, 0.15) is 39.3 Å². The molecule has 2 aliphatic heterocycles. The van der Waals surface area contributed by atoms with Gasteiger partial charge in [0, 0.05) is 17.3 Å². The molecule has 1 saturated heterocycles. The Morgan fingerprint density at radius 1 is 1.26 bits per heavy atom. The Balaban J connectivity index is 1.69. The van der Waals surface area contributed by atoms with Crippen LogP contribution in [0.1, 0.15) is 16.7 Å². The Hall–Kier alpha value is -2.15. The molecular weight excluding hydrogens is 471 g/mol. The van der Waals surface area contributed by atoms with Gasteiger partial charge in [-0.05, 0) is 19.4 Å². The van der Waals surface area contributed by atoms with Gasteiger partial charge in [0.25, 0.3) is 11.4 Å². The van der Waals surface area contributed by atoms with Gasteiger partial charge in [0.2, 0.25) is 0 Å². The summed E-state index contributed by atoms with van der Waals surface area (Å²) in [5.74, 6) is -2.92. The summed E-state index contributed by atoms with van der Waals surface area (Å²) in [6.07, 6.45) is -3.16. The zero-order valence-corrected chi connectivity index (χ0v) is 20.1.